The summed E-state index contributed by atoms with van der Waals surface area (Å²) in [7, 11) is 0. The Bertz CT molecular complexity index is 1180. The predicted molar refractivity (Wildman–Crippen MR) is 111 cm³/mol. The van der Waals surface area contributed by atoms with E-state index in [1.165, 1.54) is 30.9 Å². The molecule has 0 aliphatic carbocycles. The number of nitrogens with one attached hydrogen (secondary N) is 1. The number of nitriles is 1. The van der Waals surface area contributed by atoms with E-state index in [1.54, 1.807) is 6.92 Å². The number of hydrogen-bond donors (Lipinski definition) is 2. The fourth-order valence-electron chi connectivity index (χ4n) is 3.44. The lowest BCUT2D eigenvalue weighted by atomic mass is 9.81. The number of nitrogens with two attached hydrogens (primary N) is 1. The van der Waals surface area contributed by atoms with Crippen molar-refractivity contribution in [1.29, 1.82) is 5.26 Å². The Hall–Kier alpha value is -3.91. The van der Waals surface area contributed by atoms with Gasteiger partial charge in [0.15, 0.2) is 0 Å². The Morgan fingerprint density at radius 3 is 2.75 bits per heavy atom. The molecular weight excluding hydrogens is 443 g/mol. The van der Waals surface area contributed by atoms with E-state index < -0.39 is 23.6 Å². The van der Waals surface area contributed by atoms with E-state index in [-0.39, 0.29) is 51.5 Å². The summed E-state index contributed by atoms with van der Waals surface area (Å²) in [4.78, 5) is 25.7. The summed E-state index contributed by atoms with van der Waals surface area (Å²) in [5.41, 5.74) is 6.09. The number of anilines is 2. The van der Waals surface area contributed by atoms with E-state index in [1.807, 2.05) is 6.07 Å². The molecule has 1 aromatic heterocycles. The molecule has 12 heteroatoms. The van der Waals surface area contributed by atoms with Crippen LogP contribution in [0.4, 0.5) is 16.0 Å². The van der Waals surface area contributed by atoms with Gasteiger partial charge in [0.2, 0.25) is 17.5 Å². The first-order valence-electron chi connectivity index (χ1n) is 9.34. The van der Waals surface area contributed by atoms with Crippen molar-refractivity contribution in [3.8, 4) is 6.07 Å². The average Bonchev–Trinajstić information content (AvgIpc) is 3.15. The molecule has 1 amide bonds. The van der Waals surface area contributed by atoms with Gasteiger partial charge in [-0.1, -0.05) is 17.7 Å². The van der Waals surface area contributed by atoms with Crippen molar-refractivity contribution < 1.29 is 23.3 Å². The quantitative estimate of drug-likeness (QED) is 0.642. The van der Waals surface area contributed by atoms with E-state index in [2.05, 4.69) is 15.6 Å². The highest BCUT2D eigenvalue weighted by Gasteiger charge is 2.42. The first-order chi connectivity index (χ1) is 15.2. The third-order valence-corrected chi connectivity index (χ3v) is 5.03. The monoisotopic (exact) mass is 460 g/mol. The van der Waals surface area contributed by atoms with Crippen LogP contribution >= 0.6 is 11.6 Å². The zero-order chi connectivity index (χ0) is 23.6. The molecule has 1 aliphatic heterocycles. The Morgan fingerprint density at radius 2 is 2.16 bits per heavy atom. The van der Waals surface area contributed by atoms with Crippen LogP contribution in [0.1, 0.15) is 32.3 Å². The Balaban J connectivity index is 2.33. The summed E-state index contributed by atoms with van der Waals surface area (Å²) >= 11 is 6.26. The van der Waals surface area contributed by atoms with Crippen LogP contribution in [0.5, 0.6) is 0 Å². The number of rotatable bonds is 5. The maximum atomic E-state index is 14.9. The van der Waals surface area contributed by atoms with Gasteiger partial charge in [0.05, 0.1) is 29.7 Å². The van der Waals surface area contributed by atoms with Crippen LogP contribution in [0.15, 0.2) is 45.5 Å². The van der Waals surface area contributed by atoms with E-state index in [9.17, 15) is 19.2 Å². The normalized spacial score (nSPS) is 16.1. The van der Waals surface area contributed by atoms with Gasteiger partial charge in [-0.2, -0.15) is 5.26 Å². The summed E-state index contributed by atoms with van der Waals surface area (Å²) in [5, 5.41) is 19.7. The fraction of sp³-hybridized carbons (Fsp3) is 0.250. The average molecular weight is 461 g/mol. The van der Waals surface area contributed by atoms with Crippen LogP contribution in [0, 0.1) is 17.1 Å². The van der Waals surface area contributed by atoms with Gasteiger partial charge in [-0.3, -0.25) is 9.69 Å². The molecule has 1 aromatic carbocycles. The summed E-state index contributed by atoms with van der Waals surface area (Å²) in [5.74, 6) is -3.60. The topological polar surface area (TPSA) is 147 Å². The van der Waals surface area contributed by atoms with E-state index in [4.69, 9.17) is 26.7 Å². The lowest BCUT2D eigenvalue weighted by molar-refractivity contribution is -0.138. The van der Waals surface area contributed by atoms with Crippen LogP contribution < -0.4 is 16.0 Å². The van der Waals surface area contributed by atoms with Crippen LogP contribution in [0.3, 0.4) is 0 Å². The highest BCUT2D eigenvalue weighted by atomic mass is 35.5. The molecule has 0 fully saturated rings. The molecule has 0 spiro atoms. The van der Waals surface area contributed by atoms with E-state index in [0.717, 1.165) is 6.07 Å². The highest BCUT2D eigenvalue weighted by molar-refractivity contribution is 6.31. The zero-order valence-corrected chi connectivity index (χ0v) is 18.0. The second-order valence-electron chi connectivity index (χ2n) is 6.65. The van der Waals surface area contributed by atoms with Crippen LogP contribution in [-0.2, 0) is 14.3 Å². The van der Waals surface area contributed by atoms with Crippen LogP contribution in [0.2, 0.25) is 5.02 Å². The molecule has 10 nitrogen and oxygen atoms in total. The third-order valence-electron chi connectivity index (χ3n) is 4.70. The van der Waals surface area contributed by atoms with Crippen molar-refractivity contribution in [3.05, 3.63) is 57.3 Å². The third kappa shape index (κ3) is 3.88. The second-order valence-corrected chi connectivity index (χ2v) is 7.06. The van der Waals surface area contributed by atoms with Gasteiger partial charge >= 0.3 is 5.97 Å². The summed E-state index contributed by atoms with van der Waals surface area (Å²) in [6.07, 6.45) is 0. The van der Waals surface area contributed by atoms with Gasteiger partial charge in [-0.05, 0) is 36.3 Å². The minimum Gasteiger partial charge on any atom is -0.463 e. The zero-order valence-electron chi connectivity index (χ0n) is 17.3. The predicted octanol–water partition coefficient (Wildman–Crippen LogP) is 2.96. The molecule has 3 N–H and O–H groups in total. The molecule has 32 heavy (non-hydrogen) atoms. The maximum absolute atomic E-state index is 14.9. The molecule has 166 valence electrons. The SMILES string of the molecule is CCOC(=O)C1=C(C)N(c2nonc2NC(C)=O)C(N)=C(C#N)C1c1c(F)cccc1Cl. The first kappa shape index (κ1) is 22.8. The van der Waals surface area contributed by atoms with Crippen molar-refractivity contribution in [2.45, 2.75) is 26.7 Å². The molecule has 0 saturated heterocycles. The standard InChI is InChI=1S/C20H18ClFN6O4/c1-4-31-20(30)14-9(2)28(19-18(25-10(3)29)26-32-27-19)17(24)11(8-23)15(14)16-12(21)6-5-7-13(16)22/h5-7,15H,4,24H2,1-3H3,(H,25,26,29). The molecule has 1 unspecified atom stereocenters. The largest absolute Gasteiger partial charge is 0.463 e. The molecular formula is C20H18ClFN6O4. The van der Waals surface area contributed by atoms with Crippen molar-refractivity contribution in [3.63, 3.8) is 0 Å². The lowest BCUT2D eigenvalue weighted by Gasteiger charge is -2.34. The molecule has 0 saturated carbocycles. The fourth-order valence-corrected chi connectivity index (χ4v) is 3.72. The number of benzene rings is 1. The lowest BCUT2D eigenvalue weighted by Crippen LogP contribution is -2.37. The summed E-state index contributed by atoms with van der Waals surface area (Å²) < 4.78 is 24.8. The van der Waals surface area contributed by atoms with Gasteiger partial charge in [-0.25, -0.2) is 13.8 Å². The van der Waals surface area contributed by atoms with Crippen molar-refractivity contribution in [2.75, 3.05) is 16.8 Å². The number of nitrogens with zero attached hydrogens (tertiary/aromatic N) is 4. The van der Waals surface area contributed by atoms with Gasteiger partial charge < -0.3 is 15.8 Å². The number of carbonyl (C=O) groups is 2. The van der Waals surface area contributed by atoms with Crippen LogP contribution in [-0.4, -0.2) is 28.8 Å². The Labute approximate surface area is 187 Å². The number of halogens is 2. The van der Waals surface area contributed by atoms with Crippen molar-refractivity contribution in [2.24, 2.45) is 5.73 Å². The van der Waals surface area contributed by atoms with Gasteiger partial charge in [-0.15, -0.1) is 0 Å². The molecule has 2 heterocycles. The molecule has 2 aromatic rings. The Kier molecular flexibility index (Phi) is 6.45. The highest BCUT2D eigenvalue weighted by Crippen LogP contribution is 2.45. The number of carbonyl (C=O) groups excluding carboxylic acids is 2. The second kappa shape index (κ2) is 9.07. The van der Waals surface area contributed by atoms with E-state index in [0.29, 0.717) is 0 Å². The number of hydrogen-bond acceptors (Lipinski definition) is 9. The van der Waals surface area contributed by atoms with Crippen molar-refractivity contribution in [1.82, 2.24) is 10.3 Å². The molecule has 0 bridgehead atoms. The molecule has 1 aliphatic rings. The van der Waals surface area contributed by atoms with Crippen molar-refractivity contribution >= 4 is 35.1 Å². The number of aromatic nitrogens is 2. The molecule has 0 radical (unpaired) electrons. The number of allylic oxidation sites excluding steroid dienone is 2. The summed E-state index contributed by atoms with van der Waals surface area (Å²) in [6, 6.07) is 5.93. The molecule has 1 atom stereocenters. The van der Waals surface area contributed by atoms with Gasteiger partial charge in [0.1, 0.15) is 11.6 Å². The number of amides is 1. The number of esters is 1. The summed E-state index contributed by atoms with van der Waals surface area (Å²) in [6.45, 7) is 4.38. The smallest absolute Gasteiger partial charge is 0.336 e. The van der Waals surface area contributed by atoms with Gasteiger partial charge in [0.25, 0.3) is 0 Å². The number of ether oxygens (including phenoxy) is 1. The first-order valence-corrected chi connectivity index (χ1v) is 9.72. The van der Waals surface area contributed by atoms with Crippen LogP contribution in [0.25, 0.3) is 0 Å². The molecule has 3 rings (SSSR count). The Morgan fingerprint density at radius 1 is 1.44 bits per heavy atom. The van der Waals surface area contributed by atoms with E-state index >= 15 is 0 Å². The minimum atomic E-state index is -1.24. The minimum absolute atomic E-state index is 0.000589. The van der Waals surface area contributed by atoms with Gasteiger partial charge in [0, 0.05) is 23.2 Å². The maximum Gasteiger partial charge on any atom is 0.336 e.